The summed E-state index contributed by atoms with van der Waals surface area (Å²) in [6, 6.07) is 7.77. The van der Waals surface area contributed by atoms with Gasteiger partial charge in [-0.3, -0.25) is 4.79 Å². The Morgan fingerprint density at radius 3 is 2.52 bits per heavy atom. The lowest BCUT2D eigenvalue weighted by molar-refractivity contribution is 0.111. The van der Waals surface area contributed by atoms with Crippen molar-refractivity contribution in [1.82, 2.24) is 15.0 Å². The zero-order valence-corrected chi connectivity index (χ0v) is 14.0. The molecule has 0 unspecified atom stereocenters. The average Bonchev–Trinajstić information content (AvgIpc) is 2.98. The first kappa shape index (κ1) is 17.2. The first-order valence-electron chi connectivity index (χ1n) is 8.43. The maximum Gasteiger partial charge on any atom is 0.172 e. The highest BCUT2D eigenvalue weighted by atomic mass is 16.5. The number of rotatable bonds is 10. The number of benzene rings is 1. The molecule has 1 aromatic carbocycles. The van der Waals surface area contributed by atoms with Crippen LogP contribution in [-0.2, 0) is 6.42 Å². The van der Waals surface area contributed by atoms with Gasteiger partial charge in [-0.25, -0.2) is 4.68 Å². The maximum atomic E-state index is 11.1. The van der Waals surface area contributed by atoms with Crippen LogP contribution in [0, 0.1) is 0 Å². The van der Waals surface area contributed by atoms with Gasteiger partial charge in [-0.2, -0.15) is 0 Å². The number of aldehydes is 1. The van der Waals surface area contributed by atoms with Gasteiger partial charge in [0.15, 0.2) is 6.29 Å². The average molecular weight is 315 g/mol. The summed E-state index contributed by atoms with van der Waals surface area (Å²) in [4.78, 5) is 11.1. The summed E-state index contributed by atoms with van der Waals surface area (Å²) >= 11 is 0. The van der Waals surface area contributed by atoms with E-state index >= 15 is 0 Å². The molecule has 23 heavy (non-hydrogen) atoms. The van der Waals surface area contributed by atoms with Gasteiger partial charge in [0.1, 0.15) is 11.4 Å². The number of carbonyl (C=O) groups excluding carboxylic acids is 1. The Hall–Kier alpha value is -2.17. The number of aromatic nitrogens is 3. The van der Waals surface area contributed by atoms with Crippen molar-refractivity contribution in [3.05, 3.63) is 35.7 Å². The van der Waals surface area contributed by atoms with Gasteiger partial charge in [-0.1, -0.05) is 44.7 Å². The molecule has 1 aromatic heterocycles. The van der Waals surface area contributed by atoms with E-state index in [1.807, 2.05) is 24.3 Å². The van der Waals surface area contributed by atoms with E-state index in [2.05, 4.69) is 24.2 Å². The highest BCUT2D eigenvalue weighted by molar-refractivity contribution is 5.73. The minimum atomic E-state index is 0.420. The van der Waals surface area contributed by atoms with Crippen molar-refractivity contribution in [2.75, 3.05) is 6.61 Å². The van der Waals surface area contributed by atoms with Crippen LogP contribution in [0.5, 0.6) is 5.75 Å². The lowest BCUT2D eigenvalue weighted by Gasteiger charge is -2.09. The van der Waals surface area contributed by atoms with Crippen LogP contribution in [0.3, 0.4) is 0 Å². The Kier molecular flexibility index (Phi) is 6.78. The molecule has 0 bridgehead atoms. The number of hydrogen-bond acceptors (Lipinski definition) is 4. The highest BCUT2D eigenvalue weighted by Crippen LogP contribution is 2.18. The molecule has 2 rings (SSSR count). The SMILES string of the molecule is CCCCCCOc1ccc(-n2nnc(C=O)c2CCC)cc1. The van der Waals surface area contributed by atoms with Gasteiger partial charge in [-0.05, 0) is 37.1 Å². The largest absolute Gasteiger partial charge is 0.494 e. The molecule has 0 saturated heterocycles. The molecule has 2 aromatic rings. The van der Waals surface area contributed by atoms with E-state index in [-0.39, 0.29) is 0 Å². The summed E-state index contributed by atoms with van der Waals surface area (Å²) in [5.74, 6) is 0.859. The smallest absolute Gasteiger partial charge is 0.172 e. The molecule has 5 nitrogen and oxygen atoms in total. The van der Waals surface area contributed by atoms with E-state index in [0.29, 0.717) is 5.69 Å². The third-order valence-corrected chi connectivity index (χ3v) is 3.74. The molecule has 0 aliphatic carbocycles. The zero-order valence-electron chi connectivity index (χ0n) is 14.0. The molecule has 0 radical (unpaired) electrons. The first-order chi connectivity index (χ1) is 11.3. The maximum absolute atomic E-state index is 11.1. The molecule has 5 heteroatoms. The van der Waals surface area contributed by atoms with Gasteiger partial charge in [0, 0.05) is 0 Å². The standard InChI is InChI=1S/C18H25N3O2/c1-3-5-6-7-13-23-16-11-9-15(10-12-16)21-18(8-4-2)17(14-22)19-20-21/h9-12,14H,3-8,13H2,1-2H3. The predicted octanol–water partition coefficient (Wildman–Crippen LogP) is 3.99. The van der Waals surface area contributed by atoms with Crippen molar-refractivity contribution in [2.45, 2.75) is 52.4 Å². The van der Waals surface area contributed by atoms with Crippen LogP contribution in [-0.4, -0.2) is 27.9 Å². The monoisotopic (exact) mass is 315 g/mol. The van der Waals surface area contributed by atoms with Gasteiger partial charge >= 0.3 is 0 Å². The fraction of sp³-hybridized carbons (Fsp3) is 0.500. The Morgan fingerprint density at radius 2 is 1.87 bits per heavy atom. The number of nitrogens with zero attached hydrogens (tertiary/aromatic N) is 3. The Labute approximate surface area is 137 Å². The molecule has 0 N–H and O–H groups in total. The second-order valence-corrected chi connectivity index (χ2v) is 5.60. The second kappa shape index (κ2) is 9.08. The van der Waals surface area contributed by atoms with Crippen LogP contribution >= 0.6 is 0 Å². The third kappa shape index (κ3) is 4.65. The number of unbranched alkanes of at least 4 members (excludes halogenated alkanes) is 3. The van der Waals surface area contributed by atoms with E-state index in [1.165, 1.54) is 19.3 Å². The van der Waals surface area contributed by atoms with E-state index in [0.717, 1.165) is 49.3 Å². The van der Waals surface area contributed by atoms with Crippen LogP contribution in [0.4, 0.5) is 0 Å². The predicted molar refractivity (Wildman–Crippen MR) is 90.4 cm³/mol. The molecule has 0 atom stereocenters. The fourth-order valence-corrected chi connectivity index (χ4v) is 2.49. The summed E-state index contributed by atoms with van der Waals surface area (Å²) < 4.78 is 7.48. The van der Waals surface area contributed by atoms with Crippen molar-refractivity contribution in [3.8, 4) is 11.4 Å². The number of hydrogen-bond donors (Lipinski definition) is 0. The molecule has 1 heterocycles. The van der Waals surface area contributed by atoms with Crippen LogP contribution in [0.15, 0.2) is 24.3 Å². The third-order valence-electron chi connectivity index (χ3n) is 3.74. The summed E-state index contributed by atoms with van der Waals surface area (Å²) in [6.07, 6.45) is 7.26. The van der Waals surface area contributed by atoms with Crippen molar-refractivity contribution in [1.29, 1.82) is 0 Å². The van der Waals surface area contributed by atoms with Crippen LogP contribution in [0.1, 0.15) is 62.1 Å². The summed E-state index contributed by atoms with van der Waals surface area (Å²) in [6.45, 7) is 5.02. The molecular weight excluding hydrogens is 290 g/mol. The first-order valence-corrected chi connectivity index (χ1v) is 8.43. The van der Waals surface area contributed by atoms with Crippen LogP contribution in [0.25, 0.3) is 5.69 Å². The van der Waals surface area contributed by atoms with Crippen molar-refractivity contribution >= 4 is 6.29 Å². The lowest BCUT2D eigenvalue weighted by atomic mass is 10.2. The molecule has 0 amide bonds. The van der Waals surface area contributed by atoms with Gasteiger partial charge in [-0.15, -0.1) is 5.10 Å². The van der Waals surface area contributed by atoms with E-state index < -0.39 is 0 Å². The summed E-state index contributed by atoms with van der Waals surface area (Å²) in [7, 11) is 0. The number of carbonyl (C=O) groups is 1. The van der Waals surface area contributed by atoms with Crippen molar-refractivity contribution < 1.29 is 9.53 Å². The molecule has 124 valence electrons. The second-order valence-electron chi connectivity index (χ2n) is 5.60. The normalized spacial score (nSPS) is 10.7. The van der Waals surface area contributed by atoms with Gasteiger partial charge < -0.3 is 4.74 Å². The minimum absolute atomic E-state index is 0.420. The molecule has 0 saturated carbocycles. The fourth-order valence-electron chi connectivity index (χ4n) is 2.49. The van der Waals surface area contributed by atoms with Gasteiger partial charge in [0.05, 0.1) is 18.0 Å². The summed E-state index contributed by atoms with van der Waals surface area (Å²) in [5.41, 5.74) is 2.17. The van der Waals surface area contributed by atoms with Gasteiger partial charge in [0.2, 0.25) is 0 Å². The molecule has 0 spiro atoms. The quantitative estimate of drug-likeness (QED) is 0.491. The molecular formula is C18H25N3O2. The highest BCUT2D eigenvalue weighted by Gasteiger charge is 2.12. The van der Waals surface area contributed by atoms with E-state index in [4.69, 9.17) is 4.74 Å². The lowest BCUT2D eigenvalue weighted by Crippen LogP contribution is -2.04. The molecule has 0 aliphatic rings. The zero-order chi connectivity index (χ0) is 16.5. The minimum Gasteiger partial charge on any atom is -0.494 e. The van der Waals surface area contributed by atoms with Crippen molar-refractivity contribution in [2.24, 2.45) is 0 Å². The van der Waals surface area contributed by atoms with Crippen LogP contribution in [0.2, 0.25) is 0 Å². The van der Waals surface area contributed by atoms with E-state index in [9.17, 15) is 4.79 Å². The van der Waals surface area contributed by atoms with E-state index in [1.54, 1.807) is 4.68 Å². The van der Waals surface area contributed by atoms with Crippen molar-refractivity contribution in [3.63, 3.8) is 0 Å². The molecule has 0 aliphatic heterocycles. The van der Waals surface area contributed by atoms with Crippen LogP contribution < -0.4 is 4.74 Å². The summed E-state index contributed by atoms with van der Waals surface area (Å²) in [5, 5.41) is 8.04. The Morgan fingerprint density at radius 1 is 1.09 bits per heavy atom. The number of ether oxygens (including phenoxy) is 1. The Bertz CT molecular complexity index is 605. The topological polar surface area (TPSA) is 57.0 Å². The molecule has 0 fully saturated rings. The Balaban J connectivity index is 2.02. The van der Waals surface area contributed by atoms with Gasteiger partial charge in [0.25, 0.3) is 0 Å².